The second-order valence-electron chi connectivity index (χ2n) is 5.01. The largest absolute Gasteiger partial charge is 0.416 e. The Morgan fingerprint density at radius 2 is 1.67 bits per heavy atom. The van der Waals surface area contributed by atoms with Crippen molar-refractivity contribution in [1.82, 2.24) is 10.6 Å². The molecule has 0 aromatic heterocycles. The molecule has 0 aliphatic rings. The number of hydrogen-bond donors (Lipinski definition) is 2. The van der Waals surface area contributed by atoms with E-state index in [1.807, 2.05) is 0 Å². The molecule has 126 valence electrons. The topological polar surface area (TPSA) is 58.2 Å². The van der Waals surface area contributed by atoms with Crippen molar-refractivity contribution in [2.45, 2.75) is 6.18 Å². The van der Waals surface area contributed by atoms with Gasteiger partial charge in [-0.2, -0.15) is 13.2 Å². The van der Waals surface area contributed by atoms with Crippen LogP contribution in [0.15, 0.2) is 48.5 Å². The van der Waals surface area contributed by atoms with Crippen LogP contribution >= 0.6 is 0 Å². The SMILES string of the molecule is CNC(=O)CNC(=O)c1cccc(-c2ccc(C(F)(F)F)cc2)c1. The van der Waals surface area contributed by atoms with Crippen molar-refractivity contribution in [2.24, 2.45) is 0 Å². The van der Waals surface area contributed by atoms with Crippen LogP contribution in [-0.4, -0.2) is 25.4 Å². The molecule has 2 N–H and O–H groups in total. The lowest BCUT2D eigenvalue weighted by Crippen LogP contribution is -2.35. The molecule has 24 heavy (non-hydrogen) atoms. The van der Waals surface area contributed by atoms with E-state index in [0.717, 1.165) is 12.1 Å². The van der Waals surface area contributed by atoms with Gasteiger partial charge in [0.05, 0.1) is 12.1 Å². The lowest BCUT2D eigenvalue weighted by atomic mass is 10.0. The molecule has 0 bridgehead atoms. The number of benzene rings is 2. The number of halogens is 3. The zero-order valence-electron chi connectivity index (χ0n) is 12.8. The van der Waals surface area contributed by atoms with Crippen molar-refractivity contribution >= 4 is 11.8 Å². The van der Waals surface area contributed by atoms with Crippen molar-refractivity contribution in [3.63, 3.8) is 0 Å². The summed E-state index contributed by atoms with van der Waals surface area (Å²) in [7, 11) is 1.46. The minimum atomic E-state index is -4.39. The van der Waals surface area contributed by atoms with Crippen LogP contribution in [0, 0.1) is 0 Å². The van der Waals surface area contributed by atoms with Crippen LogP contribution in [0.25, 0.3) is 11.1 Å². The summed E-state index contributed by atoms with van der Waals surface area (Å²) in [6.45, 7) is -0.153. The predicted octanol–water partition coefficient (Wildman–Crippen LogP) is 2.85. The van der Waals surface area contributed by atoms with Crippen LogP contribution in [0.5, 0.6) is 0 Å². The summed E-state index contributed by atoms with van der Waals surface area (Å²) in [5.41, 5.74) is 0.752. The van der Waals surface area contributed by atoms with Crippen molar-refractivity contribution in [3.8, 4) is 11.1 Å². The van der Waals surface area contributed by atoms with Crippen LogP contribution in [0.3, 0.4) is 0 Å². The first-order chi connectivity index (χ1) is 11.3. The predicted molar refractivity (Wildman–Crippen MR) is 83.3 cm³/mol. The summed E-state index contributed by atoms with van der Waals surface area (Å²) in [4.78, 5) is 23.1. The Bertz CT molecular complexity index is 740. The summed E-state index contributed by atoms with van der Waals surface area (Å²) >= 11 is 0. The van der Waals surface area contributed by atoms with E-state index in [0.29, 0.717) is 16.7 Å². The molecule has 0 spiro atoms. The van der Waals surface area contributed by atoms with Crippen LogP contribution in [-0.2, 0) is 11.0 Å². The number of alkyl halides is 3. The van der Waals surface area contributed by atoms with Crippen molar-refractivity contribution < 1.29 is 22.8 Å². The summed E-state index contributed by atoms with van der Waals surface area (Å²) < 4.78 is 37.8. The Hall–Kier alpha value is -2.83. The maximum atomic E-state index is 12.6. The van der Waals surface area contributed by atoms with E-state index < -0.39 is 17.6 Å². The molecule has 2 aromatic carbocycles. The van der Waals surface area contributed by atoms with E-state index in [9.17, 15) is 22.8 Å². The maximum absolute atomic E-state index is 12.6. The van der Waals surface area contributed by atoms with Gasteiger partial charge in [-0.15, -0.1) is 0 Å². The zero-order chi connectivity index (χ0) is 17.7. The monoisotopic (exact) mass is 336 g/mol. The molecule has 2 rings (SSSR count). The minimum absolute atomic E-state index is 0.153. The Morgan fingerprint density at radius 1 is 1.00 bits per heavy atom. The molecule has 0 saturated heterocycles. The van der Waals surface area contributed by atoms with Gasteiger partial charge in [0.15, 0.2) is 0 Å². The highest BCUT2D eigenvalue weighted by Gasteiger charge is 2.29. The van der Waals surface area contributed by atoms with E-state index in [-0.39, 0.29) is 12.5 Å². The second-order valence-corrected chi connectivity index (χ2v) is 5.01. The molecule has 0 aliphatic heterocycles. The number of hydrogen-bond acceptors (Lipinski definition) is 2. The first kappa shape index (κ1) is 17.5. The van der Waals surface area contributed by atoms with Gasteiger partial charge in [-0.05, 0) is 35.4 Å². The van der Waals surface area contributed by atoms with Gasteiger partial charge < -0.3 is 10.6 Å². The minimum Gasteiger partial charge on any atom is -0.358 e. The first-order valence-corrected chi connectivity index (χ1v) is 7.08. The van der Waals surface area contributed by atoms with Crippen LogP contribution < -0.4 is 10.6 Å². The quantitative estimate of drug-likeness (QED) is 0.902. The molecule has 0 saturated carbocycles. The molecule has 2 amide bonds. The number of amides is 2. The third kappa shape index (κ3) is 4.34. The summed E-state index contributed by atoms with van der Waals surface area (Å²) in [5, 5.41) is 4.84. The number of rotatable bonds is 4. The summed E-state index contributed by atoms with van der Waals surface area (Å²) in [5.74, 6) is -0.769. The molecule has 7 heteroatoms. The lowest BCUT2D eigenvalue weighted by molar-refractivity contribution is -0.137. The third-order valence-corrected chi connectivity index (χ3v) is 3.36. The van der Waals surface area contributed by atoms with Gasteiger partial charge in [-0.3, -0.25) is 9.59 Å². The van der Waals surface area contributed by atoms with E-state index in [4.69, 9.17) is 0 Å². The smallest absolute Gasteiger partial charge is 0.358 e. The zero-order valence-corrected chi connectivity index (χ0v) is 12.8. The standard InChI is InChI=1S/C17H15F3N2O2/c1-21-15(23)10-22-16(24)13-4-2-3-12(9-13)11-5-7-14(8-6-11)17(18,19)20/h2-9H,10H2,1H3,(H,21,23)(H,22,24). The fraction of sp³-hybridized carbons (Fsp3) is 0.176. The lowest BCUT2D eigenvalue weighted by Gasteiger charge is -2.09. The Balaban J connectivity index is 2.18. The van der Waals surface area contributed by atoms with E-state index in [2.05, 4.69) is 10.6 Å². The number of nitrogens with one attached hydrogen (secondary N) is 2. The van der Waals surface area contributed by atoms with Gasteiger partial charge >= 0.3 is 6.18 Å². The van der Waals surface area contributed by atoms with E-state index in [1.54, 1.807) is 24.3 Å². The van der Waals surface area contributed by atoms with Gasteiger partial charge in [0.25, 0.3) is 5.91 Å². The molecule has 4 nitrogen and oxygen atoms in total. The van der Waals surface area contributed by atoms with E-state index >= 15 is 0 Å². The Kier molecular flexibility index (Phi) is 5.23. The van der Waals surface area contributed by atoms with Gasteiger partial charge in [0, 0.05) is 12.6 Å². The van der Waals surface area contributed by atoms with Crippen molar-refractivity contribution in [1.29, 1.82) is 0 Å². The average molecular weight is 336 g/mol. The van der Waals surface area contributed by atoms with Crippen LogP contribution in [0.1, 0.15) is 15.9 Å². The molecular formula is C17H15F3N2O2. The second kappa shape index (κ2) is 7.16. The maximum Gasteiger partial charge on any atom is 0.416 e. The normalized spacial score (nSPS) is 11.0. The third-order valence-electron chi connectivity index (χ3n) is 3.36. The molecule has 0 atom stereocenters. The van der Waals surface area contributed by atoms with Gasteiger partial charge in [-0.1, -0.05) is 24.3 Å². The molecule has 0 heterocycles. The van der Waals surface area contributed by atoms with Gasteiger partial charge in [0.1, 0.15) is 0 Å². The van der Waals surface area contributed by atoms with Gasteiger partial charge in [0.2, 0.25) is 5.91 Å². The number of carbonyl (C=O) groups is 2. The van der Waals surface area contributed by atoms with E-state index in [1.165, 1.54) is 19.2 Å². The number of likely N-dealkylation sites (N-methyl/N-ethyl adjacent to an activating group) is 1. The Labute approximate surface area is 136 Å². The van der Waals surface area contributed by atoms with Crippen molar-refractivity contribution in [3.05, 3.63) is 59.7 Å². The molecule has 2 aromatic rings. The van der Waals surface area contributed by atoms with Crippen molar-refractivity contribution in [2.75, 3.05) is 13.6 Å². The average Bonchev–Trinajstić information content (AvgIpc) is 2.58. The Morgan fingerprint density at radius 3 is 2.25 bits per heavy atom. The highest BCUT2D eigenvalue weighted by Crippen LogP contribution is 2.31. The molecule has 0 radical (unpaired) electrons. The van der Waals surface area contributed by atoms with Crippen LogP contribution in [0.2, 0.25) is 0 Å². The fourth-order valence-electron chi connectivity index (χ4n) is 2.04. The first-order valence-electron chi connectivity index (χ1n) is 7.08. The fourth-order valence-corrected chi connectivity index (χ4v) is 2.04. The molecule has 0 fully saturated rings. The highest BCUT2D eigenvalue weighted by atomic mass is 19.4. The summed E-state index contributed by atoms with van der Waals surface area (Å²) in [6, 6.07) is 11.1. The van der Waals surface area contributed by atoms with Crippen LogP contribution in [0.4, 0.5) is 13.2 Å². The number of carbonyl (C=O) groups excluding carboxylic acids is 2. The molecular weight excluding hydrogens is 321 g/mol. The molecule has 0 unspecified atom stereocenters. The van der Waals surface area contributed by atoms with Gasteiger partial charge in [-0.25, -0.2) is 0 Å². The highest BCUT2D eigenvalue weighted by molar-refractivity contribution is 5.97. The summed E-state index contributed by atoms with van der Waals surface area (Å²) in [6.07, 6.45) is -4.39. The molecule has 0 aliphatic carbocycles.